The van der Waals surface area contributed by atoms with E-state index in [1.165, 1.54) is 0 Å². The Bertz CT molecular complexity index is 34.6. The summed E-state index contributed by atoms with van der Waals surface area (Å²) in [4.78, 5) is 0. The van der Waals surface area contributed by atoms with Crippen molar-refractivity contribution >= 4 is 21.2 Å². The number of rotatable bonds is 0. The summed E-state index contributed by atoms with van der Waals surface area (Å²) < 4.78 is 17.6. The zero-order chi connectivity index (χ0) is 3.58. The fraction of sp³-hybridized carbons (Fsp3) is 0. The molecule has 0 aromatic rings. The van der Waals surface area contributed by atoms with Gasteiger partial charge in [-0.3, -0.25) is 0 Å². The van der Waals surface area contributed by atoms with Crippen LogP contribution < -0.4 is 29.6 Å². The van der Waals surface area contributed by atoms with Gasteiger partial charge in [-0.2, -0.15) is 0 Å². The van der Waals surface area contributed by atoms with Gasteiger partial charge in [-0.25, -0.2) is 0 Å². The van der Waals surface area contributed by atoms with Crippen molar-refractivity contribution in [3.05, 3.63) is 0 Å². The molecule has 0 fully saturated rings. The van der Waals surface area contributed by atoms with E-state index in [2.05, 4.69) is 11.2 Å². The molecular formula is H10NaO7S2-. The van der Waals surface area contributed by atoms with Crippen molar-refractivity contribution in [2.45, 2.75) is 0 Å². The molecule has 0 heterocycles. The van der Waals surface area contributed by atoms with Crippen LogP contribution in [0.25, 0.3) is 0 Å². The maximum atomic E-state index is 8.81. The summed E-state index contributed by atoms with van der Waals surface area (Å²) in [5.74, 6) is 0. The third kappa shape index (κ3) is 384. The molecule has 0 unspecified atom stereocenters. The van der Waals surface area contributed by atoms with E-state index in [0.717, 1.165) is 0 Å². The standard InChI is InChI=1S/Na.H2O2S2.5H2O/c;1-4(2)3;;;;;/h;(H2,1,2,3);5*1H2/q+1;;;;;;/p-2. The molecule has 0 aromatic carbocycles. The van der Waals surface area contributed by atoms with Crippen LogP contribution in [0.4, 0.5) is 0 Å². The molecule has 0 bridgehead atoms. The minimum Gasteiger partial charge on any atom is -0.806 e. The van der Waals surface area contributed by atoms with Crippen molar-refractivity contribution < 1.29 is 66.0 Å². The van der Waals surface area contributed by atoms with Crippen LogP contribution in [0, 0.1) is 0 Å². The first-order valence-electron chi connectivity index (χ1n) is 0.500. The van der Waals surface area contributed by atoms with Gasteiger partial charge in [0.2, 0.25) is 0 Å². The van der Waals surface area contributed by atoms with E-state index in [1.807, 2.05) is 0 Å². The van der Waals surface area contributed by atoms with Gasteiger partial charge in [-0.05, 0) is 0 Å². The van der Waals surface area contributed by atoms with Crippen LogP contribution in [0.15, 0.2) is 0 Å². The van der Waals surface area contributed by atoms with Crippen LogP contribution in [0.3, 0.4) is 0 Å². The summed E-state index contributed by atoms with van der Waals surface area (Å²) in [5.41, 5.74) is 0. The second-order valence-electron chi connectivity index (χ2n) is 0.204. The topological polar surface area (TPSA) is 204 Å². The third-order valence-electron chi connectivity index (χ3n) is 0. The minimum atomic E-state index is -2.28. The van der Waals surface area contributed by atoms with Crippen LogP contribution in [0.5, 0.6) is 0 Å². The summed E-state index contributed by atoms with van der Waals surface area (Å²) in [5, 5.41) is 0. The predicted molar refractivity (Wildman–Crippen MR) is 34.4 cm³/mol. The van der Waals surface area contributed by atoms with Crippen LogP contribution in [-0.2, 0) is 21.2 Å². The molecule has 0 amide bonds. The molecule has 66 valence electrons. The van der Waals surface area contributed by atoms with E-state index >= 15 is 0 Å². The summed E-state index contributed by atoms with van der Waals surface area (Å²) in [6.07, 6.45) is 0. The molecule has 0 atom stereocenters. The summed E-state index contributed by atoms with van der Waals surface area (Å²) in [7, 11) is -2.28. The maximum absolute atomic E-state index is 8.81. The SMILES string of the molecule is O.O.O.O.O.[Na+].[O-]S([O-])=S. The van der Waals surface area contributed by atoms with Crippen molar-refractivity contribution in [3.63, 3.8) is 0 Å². The number of hydrogen-bond donors (Lipinski definition) is 0. The maximum Gasteiger partial charge on any atom is 1.00 e. The Labute approximate surface area is 86.9 Å². The molecule has 0 saturated carbocycles. The molecule has 10 N–H and O–H groups in total. The largest absolute Gasteiger partial charge is 1.00 e. The van der Waals surface area contributed by atoms with Crippen LogP contribution >= 0.6 is 0 Å². The monoisotopic (exact) mass is 209 g/mol. The summed E-state index contributed by atoms with van der Waals surface area (Å²) >= 11 is 3.54. The van der Waals surface area contributed by atoms with Gasteiger partial charge in [-0.1, -0.05) is 11.2 Å². The Morgan fingerprint density at radius 1 is 0.800 bits per heavy atom. The van der Waals surface area contributed by atoms with Crippen LogP contribution in [0.1, 0.15) is 0 Å². The Hall–Kier alpha value is 1.29. The van der Waals surface area contributed by atoms with Gasteiger partial charge in [0.1, 0.15) is 0 Å². The van der Waals surface area contributed by atoms with Crippen molar-refractivity contribution in [1.29, 1.82) is 0 Å². The molecule has 10 heavy (non-hydrogen) atoms. The molecular weight excluding hydrogens is 199 g/mol. The Morgan fingerprint density at radius 3 is 0.800 bits per heavy atom. The predicted octanol–water partition coefficient (Wildman–Crippen LogP) is -7.79. The van der Waals surface area contributed by atoms with E-state index in [-0.39, 0.29) is 56.9 Å². The Kier molecular flexibility index (Phi) is 313. The van der Waals surface area contributed by atoms with E-state index < -0.39 is 10.0 Å². The first-order valence-corrected chi connectivity index (χ1v) is 2.50. The van der Waals surface area contributed by atoms with Gasteiger partial charge >= 0.3 is 29.6 Å². The van der Waals surface area contributed by atoms with E-state index in [9.17, 15) is 0 Å². The van der Waals surface area contributed by atoms with Crippen molar-refractivity contribution in [1.82, 2.24) is 0 Å². The fourth-order valence-corrected chi connectivity index (χ4v) is 0. The fourth-order valence-electron chi connectivity index (χ4n) is 0. The second-order valence-corrected chi connectivity index (χ2v) is 1.43. The van der Waals surface area contributed by atoms with Crippen molar-refractivity contribution in [2.24, 2.45) is 0 Å². The second kappa shape index (κ2) is 48.3. The summed E-state index contributed by atoms with van der Waals surface area (Å²) in [6.45, 7) is 0. The first kappa shape index (κ1) is 65.0. The Morgan fingerprint density at radius 2 is 0.800 bits per heavy atom. The van der Waals surface area contributed by atoms with Crippen LogP contribution in [-0.4, -0.2) is 36.5 Å². The van der Waals surface area contributed by atoms with Gasteiger partial charge < -0.3 is 46.5 Å². The summed E-state index contributed by atoms with van der Waals surface area (Å²) in [6, 6.07) is 0. The molecule has 7 nitrogen and oxygen atoms in total. The van der Waals surface area contributed by atoms with Gasteiger partial charge in [0.15, 0.2) is 0 Å². The van der Waals surface area contributed by atoms with Gasteiger partial charge in [0.05, 0.1) is 0 Å². The average molecular weight is 209 g/mol. The number of hydrogen-bond acceptors (Lipinski definition) is 3. The molecule has 0 aliphatic carbocycles. The third-order valence-corrected chi connectivity index (χ3v) is 0. The van der Waals surface area contributed by atoms with E-state index in [0.29, 0.717) is 0 Å². The molecule has 0 radical (unpaired) electrons. The van der Waals surface area contributed by atoms with Crippen molar-refractivity contribution in [2.75, 3.05) is 0 Å². The molecule has 0 rings (SSSR count). The minimum absolute atomic E-state index is 0. The zero-order valence-corrected chi connectivity index (χ0v) is 8.77. The van der Waals surface area contributed by atoms with Gasteiger partial charge in [0.25, 0.3) is 0 Å². The molecule has 0 saturated heterocycles. The molecule has 0 spiro atoms. The quantitative estimate of drug-likeness (QED) is 0.356. The zero-order valence-electron chi connectivity index (χ0n) is 5.13. The molecule has 0 aromatic heterocycles. The molecule has 0 aliphatic heterocycles. The van der Waals surface area contributed by atoms with E-state index in [1.54, 1.807) is 0 Å². The van der Waals surface area contributed by atoms with Crippen LogP contribution in [0.2, 0.25) is 0 Å². The van der Waals surface area contributed by atoms with Gasteiger partial charge in [0, 0.05) is 0 Å². The van der Waals surface area contributed by atoms with E-state index in [4.69, 9.17) is 9.11 Å². The average Bonchev–Trinajstić information content (AvgIpc) is 0.811. The molecule has 10 heteroatoms. The molecule has 0 aliphatic rings. The smallest absolute Gasteiger partial charge is 0.806 e. The first-order chi connectivity index (χ1) is 1.73. The normalized spacial score (nSPS) is 3.50. The van der Waals surface area contributed by atoms with Crippen molar-refractivity contribution in [3.8, 4) is 0 Å². The Balaban J connectivity index is -0.00000000300. The van der Waals surface area contributed by atoms with Gasteiger partial charge in [-0.15, -0.1) is 0 Å².